The third kappa shape index (κ3) is 1.05. The number of aromatic nitrogens is 2. The molecule has 62 valence electrons. The predicted molar refractivity (Wildman–Crippen MR) is 53.4 cm³/mol. The number of hydrogen-bond acceptors (Lipinski definition) is 1. The van der Waals surface area contributed by atoms with Gasteiger partial charge >= 0.3 is 0 Å². The molecular weight excluding hydrogens is 216 g/mol. The van der Waals surface area contributed by atoms with Crippen LogP contribution in [-0.2, 0) is 6.42 Å². The second kappa shape index (κ2) is 2.90. The van der Waals surface area contributed by atoms with Gasteiger partial charge in [-0.1, -0.05) is 25.1 Å². The molecule has 0 spiro atoms. The molecular formula is C9H9BrN2. The Bertz CT molecular complexity index is 406. The summed E-state index contributed by atoms with van der Waals surface area (Å²) in [6, 6.07) is 8.20. The highest BCUT2D eigenvalue weighted by Gasteiger charge is 2.05. The number of aryl methyl sites for hydroxylation is 1. The van der Waals surface area contributed by atoms with Gasteiger partial charge in [0, 0.05) is 5.39 Å². The van der Waals surface area contributed by atoms with Crippen LogP contribution in [0.3, 0.4) is 0 Å². The summed E-state index contributed by atoms with van der Waals surface area (Å²) in [4.78, 5) is 0. The smallest absolute Gasteiger partial charge is 0.0816 e. The Morgan fingerprint density at radius 3 is 2.92 bits per heavy atom. The van der Waals surface area contributed by atoms with E-state index in [1.54, 1.807) is 3.71 Å². The van der Waals surface area contributed by atoms with E-state index in [9.17, 15) is 0 Å². The van der Waals surface area contributed by atoms with E-state index in [0.717, 1.165) is 17.6 Å². The summed E-state index contributed by atoms with van der Waals surface area (Å²) >= 11 is 3.36. The van der Waals surface area contributed by atoms with Gasteiger partial charge in [0.05, 0.1) is 27.4 Å². The van der Waals surface area contributed by atoms with Crippen LogP contribution in [0.4, 0.5) is 0 Å². The molecule has 0 unspecified atom stereocenters. The molecule has 2 aromatic rings. The fraction of sp³-hybridized carbons (Fsp3) is 0.222. The van der Waals surface area contributed by atoms with Crippen LogP contribution in [0.2, 0.25) is 0 Å². The first-order chi connectivity index (χ1) is 5.83. The van der Waals surface area contributed by atoms with Crippen molar-refractivity contribution in [2.75, 3.05) is 0 Å². The van der Waals surface area contributed by atoms with E-state index in [2.05, 4.69) is 40.3 Å². The average molecular weight is 225 g/mol. The summed E-state index contributed by atoms with van der Waals surface area (Å²) in [5.41, 5.74) is 2.27. The molecule has 1 aromatic carbocycles. The first kappa shape index (κ1) is 7.80. The molecule has 0 saturated heterocycles. The monoisotopic (exact) mass is 224 g/mol. The molecule has 0 saturated carbocycles. The van der Waals surface area contributed by atoms with Crippen molar-refractivity contribution in [1.82, 2.24) is 8.81 Å². The van der Waals surface area contributed by atoms with Gasteiger partial charge in [0.15, 0.2) is 0 Å². The summed E-state index contributed by atoms with van der Waals surface area (Å²) in [6.07, 6.45) is 0.971. The van der Waals surface area contributed by atoms with E-state index in [4.69, 9.17) is 0 Å². The molecule has 1 heterocycles. The number of benzene rings is 1. The van der Waals surface area contributed by atoms with Crippen LogP contribution in [-0.4, -0.2) is 8.81 Å². The molecule has 0 bridgehead atoms. The van der Waals surface area contributed by atoms with Gasteiger partial charge in [0.25, 0.3) is 0 Å². The van der Waals surface area contributed by atoms with Gasteiger partial charge in [0.2, 0.25) is 0 Å². The topological polar surface area (TPSA) is 17.8 Å². The van der Waals surface area contributed by atoms with E-state index < -0.39 is 0 Å². The quantitative estimate of drug-likeness (QED) is 0.729. The van der Waals surface area contributed by atoms with Gasteiger partial charge in [0.1, 0.15) is 0 Å². The predicted octanol–water partition coefficient (Wildman–Crippen LogP) is 2.76. The maximum Gasteiger partial charge on any atom is 0.0816 e. The number of para-hydroxylation sites is 1. The van der Waals surface area contributed by atoms with Crippen molar-refractivity contribution in [3.8, 4) is 0 Å². The van der Waals surface area contributed by atoms with Crippen LogP contribution in [0.1, 0.15) is 12.6 Å². The zero-order valence-corrected chi connectivity index (χ0v) is 8.37. The first-order valence-electron chi connectivity index (χ1n) is 3.95. The number of rotatable bonds is 1. The second-order valence-corrected chi connectivity index (χ2v) is 3.35. The molecule has 0 atom stereocenters. The third-order valence-electron chi connectivity index (χ3n) is 1.96. The molecule has 0 aliphatic carbocycles. The van der Waals surface area contributed by atoms with Crippen molar-refractivity contribution in [1.29, 1.82) is 0 Å². The highest BCUT2D eigenvalue weighted by atomic mass is 79.9. The molecule has 0 amide bonds. The van der Waals surface area contributed by atoms with Gasteiger partial charge in [-0.25, -0.2) is 0 Å². The average Bonchev–Trinajstić information content (AvgIpc) is 2.44. The fourth-order valence-corrected chi connectivity index (χ4v) is 1.85. The summed E-state index contributed by atoms with van der Waals surface area (Å²) in [6.45, 7) is 2.11. The summed E-state index contributed by atoms with van der Waals surface area (Å²) in [5, 5.41) is 5.57. The normalized spacial score (nSPS) is 10.8. The van der Waals surface area contributed by atoms with Crippen molar-refractivity contribution in [3.63, 3.8) is 0 Å². The molecule has 1 aromatic heterocycles. The van der Waals surface area contributed by atoms with Crippen LogP contribution >= 0.6 is 16.1 Å². The molecule has 0 N–H and O–H groups in total. The fourth-order valence-electron chi connectivity index (χ4n) is 1.35. The lowest BCUT2D eigenvalue weighted by Gasteiger charge is -1.89. The Kier molecular flexibility index (Phi) is 1.89. The van der Waals surface area contributed by atoms with Crippen molar-refractivity contribution in [2.45, 2.75) is 13.3 Å². The summed E-state index contributed by atoms with van der Waals surface area (Å²) in [7, 11) is 0. The second-order valence-electron chi connectivity index (χ2n) is 2.68. The first-order valence-corrected chi connectivity index (χ1v) is 4.66. The maximum atomic E-state index is 4.34. The van der Waals surface area contributed by atoms with Gasteiger partial charge < -0.3 is 0 Å². The molecule has 0 fully saturated rings. The zero-order chi connectivity index (χ0) is 8.55. The van der Waals surface area contributed by atoms with Gasteiger partial charge in [-0.15, -0.1) is 0 Å². The van der Waals surface area contributed by atoms with Crippen molar-refractivity contribution in [2.24, 2.45) is 0 Å². The number of fused-ring (bicyclic) bond motifs is 1. The SMILES string of the molecule is CCc1nn(Br)c2ccccc12. The maximum absolute atomic E-state index is 4.34. The van der Waals surface area contributed by atoms with Gasteiger partial charge in [-0.05, 0) is 12.5 Å². The molecule has 12 heavy (non-hydrogen) atoms. The Hall–Kier alpha value is -0.830. The standard InChI is InChI=1S/C9H9BrN2/c1-2-8-7-5-3-4-6-9(7)12(10)11-8/h3-6H,2H2,1H3. The van der Waals surface area contributed by atoms with E-state index in [1.165, 1.54) is 5.39 Å². The molecule has 2 rings (SSSR count). The Morgan fingerprint density at radius 2 is 2.17 bits per heavy atom. The number of nitrogens with zero attached hydrogens (tertiary/aromatic N) is 2. The molecule has 3 heteroatoms. The van der Waals surface area contributed by atoms with Crippen LogP contribution in [0, 0.1) is 0 Å². The van der Waals surface area contributed by atoms with Crippen molar-refractivity contribution < 1.29 is 0 Å². The van der Waals surface area contributed by atoms with Crippen LogP contribution < -0.4 is 0 Å². The van der Waals surface area contributed by atoms with Crippen LogP contribution in [0.5, 0.6) is 0 Å². The minimum atomic E-state index is 0.971. The van der Waals surface area contributed by atoms with Crippen molar-refractivity contribution in [3.05, 3.63) is 30.0 Å². The molecule has 2 nitrogen and oxygen atoms in total. The molecule has 0 aliphatic heterocycles. The van der Waals surface area contributed by atoms with E-state index in [0.29, 0.717) is 0 Å². The number of hydrogen-bond donors (Lipinski definition) is 0. The number of halogens is 1. The highest BCUT2D eigenvalue weighted by molar-refractivity contribution is 9.08. The molecule has 0 radical (unpaired) electrons. The Labute approximate surface area is 79.5 Å². The Balaban J connectivity index is 2.82. The lowest BCUT2D eigenvalue weighted by Crippen LogP contribution is -1.82. The van der Waals surface area contributed by atoms with Gasteiger partial charge in [-0.2, -0.15) is 8.81 Å². The van der Waals surface area contributed by atoms with Crippen LogP contribution in [0.15, 0.2) is 24.3 Å². The summed E-state index contributed by atoms with van der Waals surface area (Å²) < 4.78 is 1.75. The van der Waals surface area contributed by atoms with Crippen LogP contribution in [0.25, 0.3) is 10.9 Å². The lowest BCUT2D eigenvalue weighted by atomic mass is 10.2. The van der Waals surface area contributed by atoms with E-state index >= 15 is 0 Å². The summed E-state index contributed by atoms with van der Waals surface area (Å²) in [5.74, 6) is 0. The lowest BCUT2D eigenvalue weighted by molar-refractivity contribution is 0.960. The van der Waals surface area contributed by atoms with E-state index in [1.807, 2.05) is 12.1 Å². The molecule has 0 aliphatic rings. The van der Waals surface area contributed by atoms with Crippen molar-refractivity contribution >= 4 is 27.1 Å². The largest absolute Gasteiger partial charge is 0.197 e. The minimum Gasteiger partial charge on any atom is -0.197 e. The highest BCUT2D eigenvalue weighted by Crippen LogP contribution is 2.19. The third-order valence-corrected chi connectivity index (χ3v) is 2.50. The Morgan fingerprint density at radius 1 is 1.42 bits per heavy atom. The van der Waals surface area contributed by atoms with E-state index in [-0.39, 0.29) is 0 Å². The van der Waals surface area contributed by atoms with Gasteiger partial charge in [-0.3, -0.25) is 0 Å². The zero-order valence-electron chi connectivity index (χ0n) is 6.79. The minimum absolute atomic E-state index is 0.971.